The molecule has 2 aromatic heterocycles. The molecule has 4 rings (SSSR count). The fraction of sp³-hybridized carbons (Fsp3) is 0.250. The number of nitrogens with zero attached hydrogens (tertiary/aromatic N) is 2. The molecule has 0 bridgehead atoms. The van der Waals surface area contributed by atoms with Crippen molar-refractivity contribution >= 4 is 38.6 Å². The zero-order valence-corrected chi connectivity index (χ0v) is 13.5. The second-order valence-corrected chi connectivity index (χ2v) is 6.47. The molecule has 1 aromatic carbocycles. The van der Waals surface area contributed by atoms with Crippen LogP contribution in [0.5, 0.6) is 0 Å². The summed E-state index contributed by atoms with van der Waals surface area (Å²) in [6.45, 7) is 0. The van der Waals surface area contributed by atoms with Gasteiger partial charge in [-0.25, -0.2) is 0 Å². The van der Waals surface area contributed by atoms with Gasteiger partial charge < -0.3 is 10.7 Å². The van der Waals surface area contributed by atoms with E-state index in [2.05, 4.69) is 26.0 Å². The van der Waals surface area contributed by atoms with E-state index in [-0.39, 0.29) is 5.91 Å². The molecule has 0 atom stereocenters. The van der Waals surface area contributed by atoms with Crippen LogP contribution in [0.2, 0.25) is 0 Å². The minimum atomic E-state index is -0.177. The standard InChI is InChI=1S/C16H15BrN4O/c17-14-8-11-9(5-3-7-12(11)19-14)16(22)21-15(18)10-4-1-2-6-13(10)20-21/h3,5,7-8,19H,1-2,4,6,18H2. The van der Waals surface area contributed by atoms with Crippen molar-refractivity contribution in [2.45, 2.75) is 25.7 Å². The van der Waals surface area contributed by atoms with E-state index in [1.54, 1.807) is 0 Å². The summed E-state index contributed by atoms with van der Waals surface area (Å²) in [4.78, 5) is 16.1. The molecule has 5 nitrogen and oxygen atoms in total. The summed E-state index contributed by atoms with van der Waals surface area (Å²) in [7, 11) is 0. The number of carbonyl (C=O) groups is 1. The topological polar surface area (TPSA) is 76.7 Å². The molecule has 1 aliphatic carbocycles. The molecule has 0 saturated heterocycles. The van der Waals surface area contributed by atoms with Crippen molar-refractivity contribution < 1.29 is 4.79 Å². The van der Waals surface area contributed by atoms with E-state index in [4.69, 9.17) is 5.73 Å². The Labute approximate surface area is 135 Å². The van der Waals surface area contributed by atoms with Crippen LogP contribution in [0.1, 0.15) is 34.5 Å². The minimum absolute atomic E-state index is 0.177. The number of rotatable bonds is 1. The van der Waals surface area contributed by atoms with E-state index in [0.29, 0.717) is 11.4 Å². The number of nitrogen functional groups attached to an aromatic ring is 1. The number of hydrogen-bond donors (Lipinski definition) is 2. The first-order chi connectivity index (χ1) is 10.6. The minimum Gasteiger partial charge on any atom is -0.383 e. The number of nitrogens with two attached hydrogens (primary N) is 1. The predicted molar refractivity (Wildman–Crippen MR) is 89.0 cm³/mol. The molecule has 0 spiro atoms. The molecule has 3 aromatic rings. The highest BCUT2D eigenvalue weighted by molar-refractivity contribution is 9.10. The Hall–Kier alpha value is -2.08. The number of aromatic nitrogens is 3. The Balaban J connectivity index is 1.85. The highest BCUT2D eigenvalue weighted by Gasteiger charge is 2.23. The lowest BCUT2D eigenvalue weighted by molar-refractivity contribution is 0.0949. The second kappa shape index (κ2) is 4.98. The Bertz CT molecular complexity index is 893. The molecule has 0 unspecified atom stereocenters. The molecule has 1 aliphatic rings. The zero-order valence-electron chi connectivity index (χ0n) is 11.9. The van der Waals surface area contributed by atoms with Gasteiger partial charge in [-0.2, -0.15) is 9.78 Å². The van der Waals surface area contributed by atoms with Crippen LogP contribution in [0.3, 0.4) is 0 Å². The van der Waals surface area contributed by atoms with Gasteiger partial charge in [0.25, 0.3) is 5.91 Å². The van der Waals surface area contributed by atoms with Gasteiger partial charge >= 0.3 is 0 Å². The van der Waals surface area contributed by atoms with Crippen molar-refractivity contribution in [3.63, 3.8) is 0 Å². The second-order valence-electron chi connectivity index (χ2n) is 5.62. The van der Waals surface area contributed by atoms with Crippen LogP contribution in [0, 0.1) is 0 Å². The molecule has 6 heteroatoms. The van der Waals surface area contributed by atoms with Gasteiger partial charge in [-0.3, -0.25) is 4.79 Å². The molecule has 0 aliphatic heterocycles. The smallest absolute Gasteiger partial charge is 0.280 e. The van der Waals surface area contributed by atoms with Gasteiger partial charge in [-0.05, 0) is 59.8 Å². The lowest BCUT2D eigenvalue weighted by Crippen LogP contribution is -2.16. The molecule has 0 radical (unpaired) electrons. The third-order valence-electron chi connectivity index (χ3n) is 4.25. The van der Waals surface area contributed by atoms with Gasteiger partial charge in [0.2, 0.25) is 0 Å². The van der Waals surface area contributed by atoms with Crippen LogP contribution in [0.4, 0.5) is 5.82 Å². The summed E-state index contributed by atoms with van der Waals surface area (Å²) in [6.07, 6.45) is 4.03. The number of carbonyl (C=O) groups excluding carboxylic acids is 1. The molecule has 112 valence electrons. The lowest BCUT2D eigenvalue weighted by atomic mass is 9.98. The van der Waals surface area contributed by atoms with Crippen molar-refractivity contribution in [2.75, 3.05) is 5.73 Å². The number of H-pyrrole nitrogens is 1. The van der Waals surface area contributed by atoms with Crippen LogP contribution in [-0.4, -0.2) is 20.7 Å². The van der Waals surface area contributed by atoms with Gasteiger partial charge in [0, 0.05) is 16.5 Å². The number of aromatic amines is 1. The highest BCUT2D eigenvalue weighted by atomic mass is 79.9. The molecular formula is C16H15BrN4O. The number of nitrogens with one attached hydrogen (secondary N) is 1. The number of benzene rings is 1. The number of hydrogen-bond acceptors (Lipinski definition) is 3. The summed E-state index contributed by atoms with van der Waals surface area (Å²) >= 11 is 3.41. The molecule has 3 N–H and O–H groups in total. The fourth-order valence-corrected chi connectivity index (χ4v) is 3.60. The first-order valence-electron chi connectivity index (χ1n) is 7.33. The molecule has 2 heterocycles. The van der Waals surface area contributed by atoms with E-state index < -0.39 is 0 Å². The molecule has 0 saturated carbocycles. The third-order valence-corrected chi connectivity index (χ3v) is 4.68. The van der Waals surface area contributed by atoms with Crippen molar-refractivity contribution in [1.29, 1.82) is 0 Å². The van der Waals surface area contributed by atoms with E-state index in [9.17, 15) is 4.79 Å². The molecule has 0 amide bonds. The van der Waals surface area contributed by atoms with Crippen LogP contribution < -0.4 is 5.73 Å². The maximum Gasteiger partial charge on any atom is 0.280 e. The number of halogens is 1. The average molecular weight is 359 g/mol. The zero-order chi connectivity index (χ0) is 15.3. The van der Waals surface area contributed by atoms with Gasteiger partial charge in [0.05, 0.1) is 15.9 Å². The van der Waals surface area contributed by atoms with Crippen LogP contribution in [0.15, 0.2) is 28.9 Å². The monoisotopic (exact) mass is 358 g/mol. The Kier molecular flexibility index (Phi) is 3.07. The Morgan fingerprint density at radius 3 is 2.95 bits per heavy atom. The SMILES string of the molecule is Nc1c2c(nn1C(=O)c1cccc3[nH]c(Br)cc13)CCCC2. The maximum atomic E-state index is 12.9. The maximum absolute atomic E-state index is 12.9. The third kappa shape index (κ3) is 1.98. The first kappa shape index (κ1) is 13.6. The van der Waals surface area contributed by atoms with Crippen LogP contribution in [0.25, 0.3) is 10.9 Å². The Morgan fingerprint density at radius 1 is 1.32 bits per heavy atom. The van der Waals surface area contributed by atoms with Gasteiger partial charge in [0.15, 0.2) is 0 Å². The van der Waals surface area contributed by atoms with Crippen LogP contribution >= 0.6 is 15.9 Å². The number of fused-ring (bicyclic) bond motifs is 2. The average Bonchev–Trinajstić information content (AvgIpc) is 3.06. The predicted octanol–water partition coefficient (Wildman–Crippen LogP) is 3.28. The lowest BCUT2D eigenvalue weighted by Gasteiger charge is -2.08. The number of aryl methyl sites for hydroxylation is 1. The normalized spacial score (nSPS) is 14.2. The summed E-state index contributed by atoms with van der Waals surface area (Å²) < 4.78 is 2.21. The molecular weight excluding hydrogens is 344 g/mol. The van der Waals surface area contributed by atoms with E-state index >= 15 is 0 Å². The van der Waals surface area contributed by atoms with Crippen LogP contribution in [-0.2, 0) is 12.8 Å². The highest BCUT2D eigenvalue weighted by Crippen LogP contribution is 2.28. The Morgan fingerprint density at radius 2 is 2.14 bits per heavy atom. The van der Waals surface area contributed by atoms with E-state index in [0.717, 1.165) is 52.4 Å². The largest absolute Gasteiger partial charge is 0.383 e. The fourth-order valence-electron chi connectivity index (χ4n) is 3.15. The number of anilines is 1. The van der Waals surface area contributed by atoms with E-state index in [1.165, 1.54) is 4.68 Å². The molecule has 0 fully saturated rings. The van der Waals surface area contributed by atoms with Crippen molar-refractivity contribution in [3.8, 4) is 0 Å². The summed E-state index contributed by atoms with van der Waals surface area (Å²) in [5, 5.41) is 5.33. The summed E-state index contributed by atoms with van der Waals surface area (Å²) in [5.74, 6) is 0.315. The first-order valence-corrected chi connectivity index (χ1v) is 8.12. The molecule has 22 heavy (non-hydrogen) atoms. The van der Waals surface area contributed by atoms with Crippen molar-refractivity contribution in [2.24, 2.45) is 0 Å². The summed E-state index contributed by atoms with van der Waals surface area (Å²) in [5.41, 5.74) is 9.70. The van der Waals surface area contributed by atoms with Crippen molar-refractivity contribution in [3.05, 3.63) is 45.7 Å². The van der Waals surface area contributed by atoms with Gasteiger partial charge in [-0.15, -0.1) is 0 Å². The quantitative estimate of drug-likeness (QED) is 0.700. The van der Waals surface area contributed by atoms with Gasteiger partial charge in [0.1, 0.15) is 5.82 Å². The van der Waals surface area contributed by atoms with Crippen molar-refractivity contribution in [1.82, 2.24) is 14.8 Å². The van der Waals surface area contributed by atoms with Gasteiger partial charge in [-0.1, -0.05) is 6.07 Å². The van der Waals surface area contributed by atoms with E-state index in [1.807, 2.05) is 24.3 Å². The summed E-state index contributed by atoms with van der Waals surface area (Å²) in [6, 6.07) is 7.51.